The fraction of sp³-hybridized carbons (Fsp3) is 0.375. The number of aromatic nitrogens is 5. The molecule has 47 heavy (non-hydrogen) atoms. The highest BCUT2D eigenvalue weighted by Crippen LogP contribution is 2.36. The monoisotopic (exact) mass is 651 g/mol. The average molecular weight is 652 g/mol. The van der Waals surface area contributed by atoms with Crippen molar-refractivity contribution >= 4 is 17.7 Å². The Labute approximate surface area is 268 Å². The lowest BCUT2D eigenvalue weighted by molar-refractivity contribution is -0.142. The molecule has 2 fully saturated rings. The zero-order valence-corrected chi connectivity index (χ0v) is 25.4. The number of nitrogens with one attached hydrogen (secondary N) is 1. The van der Waals surface area contributed by atoms with Gasteiger partial charge in [0.05, 0.1) is 20.3 Å². The van der Waals surface area contributed by atoms with Crippen molar-refractivity contribution in [2.45, 2.75) is 50.0 Å². The largest absolute Gasteiger partial charge is 0.484 e. The topological polar surface area (TPSA) is 134 Å². The molecule has 4 aromatic rings. The Kier molecular flexibility index (Phi) is 9.61. The second-order valence-corrected chi connectivity index (χ2v) is 11.1. The third-order valence-corrected chi connectivity index (χ3v) is 7.85. The summed E-state index contributed by atoms with van der Waals surface area (Å²) in [6, 6.07) is 12.6. The summed E-state index contributed by atoms with van der Waals surface area (Å²) in [5.41, 5.74) is 0.465. The number of rotatable bonds is 11. The third-order valence-electron chi connectivity index (χ3n) is 7.85. The predicted octanol–water partition coefficient (Wildman–Crippen LogP) is 4.97. The fourth-order valence-corrected chi connectivity index (χ4v) is 5.34. The minimum atomic E-state index is -4.66. The second-order valence-electron chi connectivity index (χ2n) is 11.1. The maximum atomic E-state index is 13.7. The molecule has 15 heteroatoms. The van der Waals surface area contributed by atoms with Crippen LogP contribution in [0.5, 0.6) is 17.6 Å². The van der Waals surface area contributed by atoms with E-state index in [-0.39, 0.29) is 49.8 Å². The Balaban J connectivity index is 1.15. The molecule has 1 saturated heterocycles. The summed E-state index contributed by atoms with van der Waals surface area (Å²) < 4.78 is 62.0. The van der Waals surface area contributed by atoms with E-state index in [1.807, 2.05) is 24.3 Å². The number of pyridine rings is 1. The van der Waals surface area contributed by atoms with E-state index in [0.717, 1.165) is 17.3 Å². The van der Waals surface area contributed by atoms with Crippen LogP contribution in [0, 0.1) is 0 Å². The number of ether oxygens (including phenoxy) is 4. The minimum absolute atomic E-state index is 0.0423. The zero-order valence-electron chi connectivity index (χ0n) is 25.4. The molecule has 0 radical (unpaired) electrons. The maximum Gasteiger partial charge on any atom is 0.423 e. The molecule has 246 valence electrons. The standard InChI is InChI=1S/C32H32F3N7O5/c1-44-31-38-14-21(15-39-31)20-7-12-27(36-13-20)42(28(43)19-46-24-5-3-2-4-6-24)23-10-8-22(9-11-23)40-30-37-16-26(32(33,34)35)29(41-30)47-25-17-45-18-25/h2-7,12-16,22-23,25H,8-11,17-19H2,1H3,(H,37,40,41). The van der Waals surface area contributed by atoms with Gasteiger partial charge in [0.15, 0.2) is 6.61 Å². The molecule has 1 saturated carbocycles. The number of benzene rings is 1. The van der Waals surface area contributed by atoms with Gasteiger partial charge in [-0.1, -0.05) is 18.2 Å². The highest BCUT2D eigenvalue weighted by atomic mass is 19.4. The first-order valence-corrected chi connectivity index (χ1v) is 15.0. The van der Waals surface area contributed by atoms with Crippen LogP contribution in [-0.4, -0.2) is 75.9 Å². The number of methoxy groups -OCH3 is 1. The van der Waals surface area contributed by atoms with Gasteiger partial charge in [0.2, 0.25) is 11.8 Å². The number of carbonyl (C=O) groups excluding carboxylic acids is 1. The van der Waals surface area contributed by atoms with Crippen LogP contribution in [0.3, 0.4) is 0 Å². The Morgan fingerprint density at radius 1 is 0.936 bits per heavy atom. The molecule has 2 aliphatic rings. The Hall–Kier alpha value is -5.05. The second kappa shape index (κ2) is 14.2. The van der Waals surface area contributed by atoms with Gasteiger partial charge in [-0.05, 0) is 49.9 Å². The number of hydrogen-bond acceptors (Lipinski definition) is 11. The van der Waals surface area contributed by atoms with Crippen LogP contribution in [0.15, 0.2) is 67.3 Å². The molecule has 0 bridgehead atoms. The number of nitrogens with zero attached hydrogens (tertiary/aromatic N) is 6. The Morgan fingerprint density at radius 3 is 2.28 bits per heavy atom. The van der Waals surface area contributed by atoms with Crippen LogP contribution in [0.1, 0.15) is 31.2 Å². The van der Waals surface area contributed by atoms with Crippen LogP contribution in [0.4, 0.5) is 24.9 Å². The third kappa shape index (κ3) is 7.85. The van der Waals surface area contributed by atoms with Gasteiger partial charge in [-0.2, -0.15) is 18.2 Å². The molecule has 6 rings (SSSR count). The van der Waals surface area contributed by atoms with Crippen molar-refractivity contribution in [3.63, 3.8) is 0 Å². The molecular weight excluding hydrogens is 619 g/mol. The summed E-state index contributed by atoms with van der Waals surface area (Å²) in [4.78, 5) is 36.2. The van der Waals surface area contributed by atoms with E-state index < -0.39 is 23.7 Å². The number of amides is 1. The highest BCUT2D eigenvalue weighted by molar-refractivity contribution is 5.94. The van der Waals surface area contributed by atoms with Crippen LogP contribution in [-0.2, 0) is 15.7 Å². The van der Waals surface area contributed by atoms with E-state index in [1.54, 1.807) is 41.7 Å². The van der Waals surface area contributed by atoms with Crippen molar-refractivity contribution in [2.75, 3.05) is 37.1 Å². The predicted molar refractivity (Wildman–Crippen MR) is 163 cm³/mol. The first-order chi connectivity index (χ1) is 22.8. The highest BCUT2D eigenvalue weighted by Gasteiger charge is 2.38. The first-order valence-electron chi connectivity index (χ1n) is 15.0. The van der Waals surface area contributed by atoms with E-state index in [0.29, 0.717) is 37.3 Å². The molecule has 12 nitrogen and oxygen atoms in total. The molecule has 1 aromatic carbocycles. The van der Waals surface area contributed by atoms with E-state index in [4.69, 9.17) is 18.9 Å². The van der Waals surface area contributed by atoms with Gasteiger partial charge in [0.25, 0.3) is 5.91 Å². The van der Waals surface area contributed by atoms with Gasteiger partial charge >= 0.3 is 12.2 Å². The van der Waals surface area contributed by atoms with Crippen molar-refractivity contribution < 1.29 is 36.9 Å². The van der Waals surface area contributed by atoms with Crippen LogP contribution in [0.25, 0.3) is 11.1 Å². The van der Waals surface area contributed by atoms with Gasteiger partial charge < -0.3 is 24.3 Å². The fourth-order valence-electron chi connectivity index (χ4n) is 5.34. The summed E-state index contributed by atoms with van der Waals surface area (Å²) in [6.07, 6.45) is 2.89. The molecular formula is C32H32F3N7O5. The van der Waals surface area contributed by atoms with Crippen molar-refractivity contribution in [2.24, 2.45) is 0 Å². The Morgan fingerprint density at radius 2 is 1.66 bits per heavy atom. The molecule has 1 N–H and O–H groups in total. The molecule has 0 atom stereocenters. The van der Waals surface area contributed by atoms with Gasteiger partial charge in [-0.3, -0.25) is 9.69 Å². The quantitative estimate of drug-likeness (QED) is 0.236. The van der Waals surface area contributed by atoms with Gasteiger partial charge in [0, 0.05) is 48.0 Å². The molecule has 0 unspecified atom stereocenters. The lowest BCUT2D eigenvalue weighted by Gasteiger charge is -2.36. The van der Waals surface area contributed by atoms with Gasteiger partial charge in [-0.15, -0.1) is 0 Å². The van der Waals surface area contributed by atoms with Crippen LogP contribution in [0.2, 0.25) is 0 Å². The number of alkyl halides is 3. The molecule has 1 amide bonds. The summed E-state index contributed by atoms with van der Waals surface area (Å²) in [5, 5.41) is 3.15. The summed E-state index contributed by atoms with van der Waals surface area (Å²) >= 11 is 0. The number of anilines is 2. The van der Waals surface area contributed by atoms with Crippen LogP contribution >= 0.6 is 0 Å². The van der Waals surface area contributed by atoms with E-state index in [2.05, 4.69) is 30.2 Å². The van der Waals surface area contributed by atoms with Crippen LogP contribution < -0.4 is 24.4 Å². The van der Waals surface area contributed by atoms with Gasteiger partial charge in [-0.25, -0.2) is 19.9 Å². The molecule has 0 spiro atoms. The summed E-state index contributed by atoms with van der Waals surface area (Å²) in [6.45, 7) is 0.215. The number of halogens is 3. The molecule has 4 heterocycles. The van der Waals surface area contributed by atoms with Crippen molar-refractivity contribution in [1.29, 1.82) is 0 Å². The maximum absolute atomic E-state index is 13.7. The van der Waals surface area contributed by atoms with Crippen molar-refractivity contribution in [3.05, 3.63) is 72.8 Å². The van der Waals surface area contributed by atoms with E-state index >= 15 is 0 Å². The average Bonchev–Trinajstić information content (AvgIpc) is 3.07. The molecule has 3 aromatic heterocycles. The number of para-hydroxylation sites is 1. The minimum Gasteiger partial charge on any atom is -0.484 e. The SMILES string of the molecule is COc1ncc(-c2ccc(N(C(=O)COc3ccccc3)C3CCC(Nc4ncc(C(F)(F)F)c(OC5COC5)n4)CC3)nc2)cn1. The number of hydrogen-bond donors (Lipinski definition) is 1. The first kappa shape index (κ1) is 31.9. The summed E-state index contributed by atoms with van der Waals surface area (Å²) in [7, 11) is 1.49. The molecule has 1 aliphatic carbocycles. The van der Waals surface area contributed by atoms with E-state index in [1.165, 1.54) is 7.11 Å². The van der Waals surface area contributed by atoms with Crippen molar-refractivity contribution in [1.82, 2.24) is 24.9 Å². The van der Waals surface area contributed by atoms with E-state index in [9.17, 15) is 18.0 Å². The summed E-state index contributed by atoms with van der Waals surface area (Å²) in [5.74, 6) is 0.296. The normalized spacial score (nSPS) is 18.1. The zero-order chi connectivity index (χ0) is 32.8. The Bertz CT molecular complexity index is 1630. The van der Waals surface area contributed by atoms with Gasteiger partial charge in [0.1, 0.15) is 23.2 Å². The van der Waals surface area contributed by atoms with Crippen molar-refractivity contribution in [3.8, 4) is 28.8 Å². The molecule has 1 aliphatic heterocycles. The lowest BCUT2D eigenvalue weighted by Crippen LogP contribution is -2.46. The smallest absolute Gasteiger partial charge is 0.423 e. The number of carbonyl (C=O) groups is 1. The lowest BCUT2D eigenvalue weighted by atomic mass is 9.90.